The van der Waals surface area contributed by atoms with Crippen LogP contribution in [0, 0.1) is 10.1 Å². The van der Waals surface area contributed by atoms with E-state index in [0.29, 0.717) is 16.5 Å². The molecule has 1 N–H and O–H groups in total. The third-order valence-electron chi connectivity index (χ3n) is 3.09. The number of rotatable bonds is 6. The van der Waals surface area contributed by atoms with Gasteiger partial charge in [-0.1, -0.05) is 23.7 Å². The molecule has 2 aromatic rings. The van der Waals surface area contributed by atoms with Gasteiger partial charge in [-0.25, -0.2) is 4.79 Å². The van der Waals surface area contributed by atoms with Crippen molar-refractivity contribution in [3.05, 3.63) is 63.2 Å². The first-order chi connectivity index (χ1) is 11.9. The van der Waals surface area contributed by atoms with E-state index in [-0.39, 0.29) is 5.56 Å². The topological polar surface area (TPSA) is 108 Å². The average Bonchev–Trinajstić information content (AvgIpc) is 2.59. The summed E-state index contributed by atoms with van der Waals surface area (Å²) in [5, 5.41) is 13.7. The molecular formula is C16H13ClN2O6. The molecule has 130 valence electrons. The van der Waals surface area contributed by atoms with Gasteiger partial charge in [0.1, 0.15) is 11.3 Å². The van der Waals surface area contributed by atoms with Gasteiger partial charge in [-0.15, -0.1) is 0 Å². The Morgan fingerprint density at radius 2 is 1.96 bits per heavy atom. The standard InChI is InChI=1S/C16H13ClN2O6/c1-24-14-7-6-10(8-12(14)17)18-15(20)9-25-16(21)11-4-2-3-5-13(11)19(22)23/h2-8H,9H2,1H3,(H,18,20). The van der Waals surface area contributed by atoms with Gasteiger partial charge in [0.25, 0.3) is 11.6 Å². The quantitative estimate of drug-likeness (QED) is 0.479. The molecule has 8 nitrogen and oxygen atoms in total. The normalized spacial score (nSPS) is 10.0. The summed E-state index contributed by atoms with van der Waals surface area (Å²) in [6, 6.07) is 9.92. The van der Waals surface area contributed by atoms with Gasteiger partial charge < -0.3 is 14.8 Å². The van der Waals surface area contributed by atoms with Crippen LogP contribution in [0.3, 0.4) is 0 Å². The van der Waals surface area contributed by atoms with Crippen molar-refractivity contribution in [3.63, 3.8) is 0 Å². The van der Waals surface area contributed by atoms with Crippen molar-refractivity contribution in [2.45, 2.75) is 0 Å². The second-order valence-electron chi connectivity index (χ2n) is 4.75. The van der Waals surface area contributed by atoms with Gasteiger partial charge in [0.05, 0.1) is 17.1 Å². The number of carbonyl (C=O) groups excluding carboxylic acids is 2. The summed E-state index contributed by atoms with van der Waals surface area (Å²) in [7, 11) is 1.46. The molecule has 0 atom stereocenters. The number of hydrogen-bond donors (Lipinski definition) is 1. The monoisotopic (exact) mass is 364 g/mol. The molecule has 0 unspecified atom stereocenters. The van der Waals surface area contributed by atoms with Gasteiger partial charge in [0, 0.05) is 11.8 Å². The first kappa shape index (κ1) is 18.2. The van der Waals surface area contributed by atoms with Crippen LogP contribution in [0.5, 0.6) is 5.75 Å². The third-order valence-corrected chi connectivity index (χ3v) is 3.39. The van der Waals surface area contributed by atoms with Crippen LogP contribution in [0.1, 0.15) is 10.4 Å². The van der Waals surface area contributed by atoms with Crippen molar-refractivity contribution in [1.29, 1.82) is 0 Å². The number of hydrogen-bond acceptors (Lipinski definition) is 6. The fourth-order valence-electron chi connectivity index (χ4n) is 1.96. The van der Waals surface area contributed by atoms with E-state index in [1.54, 1.807) is 12.1 Å². The maximum Gasteiger partial charge on any atom is 0.345 e. The molecule has 0 saturated heterocycles. The lowest BCUT2D eigenvalue weighted by atomic mass is 10.2. The van der Waals surface area contributed by atoms with E-state index in [2.05, 4.69) is 5.32 Å². The van der Waals surface area contributed by atoms with Crippen LogP contribution in [0.4, 0.5) is 11.4 Å². The summed E-state index contributed by atoms with van der Waals surface area (Å²) in [6.45, 7) is -0.603. The number of carbonyl (C=O) groups is 2. The van der Waals surface area contributed by atoms with Crippen LogP contribution in [0.15, 0.2) is 42.5 Å². The van der Waals surface area contributed by atoms with E-state index in [1.165, 1.54) is 37.4 Å². The summed E-state index contributed by atoms with van der Waals surface area (Å²) >= 11 is 5.94. The number of nitro groups is 1. The lowest BCUT2D eigenvalue weighted by molar-refractivity contribution is -0.385. The maximum atomic E-state index is 11.9. The Morgan fingerprint density at radius 3 is 2.60 bits per heavy atom. The number of esters is 1. The SMILES string of the molecule is COc1ccc(NC(=O)COC(=O)c2ccccc2[N+](=O)[O-])cc1Cl. The number of nitro benzene ring substituents is 1. The van der Waals surface area contributed by atoms with Crippen molar-refractivity contribution >= 4 is 34.9 Å². The molecule has 0 aliphatic carbocycles. The van der Waals surface area contributed by atoms with E-state index in [0.717, 1.165) is 0 Å². The van der Waals surface area contributed by atoms with Crippen molar-refractivity contribution < 1.29 is 24.0 Å². The molecule has 0 saturated carbocycles. The van der Waals surface area contributed by atoms with Crippen LogP contribution < -0.4 is 10.1 Å². The van der Waals surface area contributed by atoms with Crippen molar-refractivity contribution in [3.8, 4) is 5.75 Å². The minimum atomic E-state index is -0.963. The van der Waals surface area contributed by atoms with Gasteiger partial charge in [-0.05, 0) is 24.3 Å². The first-order valence-corrected chi connectivity index (χ1v) is 7.34. The largest absolute Gasteiger partial charge is 0.495 e. The molecule has 2 rings (SSSR count). The van der Waals surface area contributed by atoms with Crippen LogP contribution >= 0.6 is 11.6 Å². The second-order valence-corrected chi connectivity index (χ2v) is 5.16. The van der Waals surface area contributed by atoms with Crippen molar-refractivity contribution in [2.75, 3.05) is 19.0 Å². The average molecular weight is 365 g/mol. The number of para-hydroxylation sites is 1. The summed E-state index contributed by atoms with van der Waals surface area (Å²) in [5.41, 5.74) is -0.236. The zero-order valence-corrected chi connectivity index (χ0v) is 13.8. The van der Waals surface area contributed by atoms with E-state index in [4.69, 9.17) is 21.1 Å². The number of nitrogens with zero attached hydrogens (tertiary/aromatic N) is 1. The Labute approximate surface area is 147 Å². The Hall–Kier alpha value is -3.13. The van der Waals surface area contributed by atoms with Crippen LogP contribution in [0.25, 0.3) is 0 Å². The van der Waals surface area contributed by atoms with E-state index in [1.807, 2.05) is 0 Å². The molecule has 0 spiro atoms. The number of amides is 1. The molecule has 25 heavy (non-hydrogen) atoms. The van der Waals surface area contributed by atoms with E-state index in [9.17, 15) is 19.7 Å². The molecule has 9 heteroatoms. The first-order valence-electron chi connectivity index (χ1n) is 6.96. The van der Waals surface area contributed by atoms with Gasteiger partial charge in [0.15, 0.2) is 6.61 Å². The highest BCUT2D eigenvalue weighted by Crippen LogP contribution is 2.27. The Morgan fingerprint density at radius 1 is 1.24 bits per heavy atom. The summed E-state index contributed by atoms with van der Waals surface area (Å²) < 4.78 is 9.81. The smallest absolute Gasteiger partial charge is 0.345 e. The summed E-state index contributed by atoms with van der Waals surface area (Å²) in [4.78, 5) is 33.9. The maximum absolute atomic E-state index is 11.9. The molecule has 0 aliphatic heterocycles. The number of methoxy groups -OCH3 is 1. The highest BCUT2D eigenvalue weighted by Gasteiger charge is 2.21. The van der Waals surface area contributed by atoms with Crippen LogP contribution in [-0.4, -0.2) is 30.5 Å². The second kappa shape index (κ2) is 8.11. The van der Waals surface area contributed by atoms with Gasteiger partial charge in [-0.3, -0.25) is 14.9 Å². The summed E-state index contributed by atoms with van der Waals surface area (Å²) in [6.07, 6.45) is 0. The molecule has 0 aromatic heterocycles. The Balaban J connectivity index is 1.97. The fourth-order valence-corrected chi connectivity index (χ4v) is 2.21. The van der Waals surface area contributed by atoms with Crippen LogP contribution in [0.2, 0.25) is 5.02 Å². The number of ether oxygens (including phenoxy) is 2. The zero-order valence-electron chi connectivity index (χ0n) is 13.0. The van der Waals surface area contributed by atoms with Gasteiger partial charge >= 0.3 is 5.97 Å². The number of benzene rings is 2. The number of halogens is 1. The predicted molar refractivity (Wildman–Crippen MR) is 90.0 cm³/mol. The molecule has 0 aliphatic rings. The summed E-state index contributed by atoms with van der Waals surface area (Å²) in [5.74, 6) is -1.13. The Kier molecular flexibility index (Phi) is 5.91. The van der Waals surface area contributed by atoms with Gasteiger partial charge in [0.2, 0.25) is 0 Å². The van der Waals surface area contributed by atoms with Crippen molar-refractivity contribution in [2.24, 2.45) is 0 Å². The van der Waals surface area contributed by atoms with Crippen LogP contribution in [-0.2, 0) is 9.53 Å². The molecule has 0 fully saturated rings. The molecule has 2 aromatic carbocycles. The molecule has 0 heterocycles. The van der Waals surface area contributed by atoms with Gasteiger partial charge in [-0.2, -0.15) is 0 Å². The van der Waals surface area contributed by atoms with Crippen molar-refractivity contribution in [1.82, 2.24) is 0 Å². The lowest BCUT2D eigenvalue weighted by Gasteiger charge is -2.09. The minimum absolute atomic E-state index is 0.229. The third kappa shape index (κ3) is 4.67. The molecule has 1 amide bonds. The number of anilines is 1. The zero-order chi connectivity index (χ0) is 18.4. The van der Waals surface area contributed by atoms with E-state index < -0.39 is 29.1 Å². The predicted octanol–water partition coefficient (Wildman–Crippen LogP) is 3.05. The number of nitrogens with one attached hydrogen (secondary N) is 1. The van der Waals surface area contributed by atoms with E-state index >= 15 is 0 Å². The molecular weight excluding hydrogens is 352 g/mol. The highest BCUT2D eigenvalue weighted by atomic mass is 35.5. The minimum Gasteiger partial charge on any atom is -0.495 e. The lowest BCUT2D eigenvalue weighted by Crippen LogP contribution is -2.21. The Bertz CT molecular complexity index is 824. The molecule has 0 bridgehead atoms. The highest BCUT2D eigenvalue weighted by molar-refractivity contribution is 6.32. The molecule has 0 radical (unpaired) electrons. The fraction of sp³-hybridized carbons (Fsp3) is 0.125.